The van der Waals surface area contributed by atoms with Crippen LogP contribution in [-0.4, -0.2) is 11.8 Å². The second-order valence-corrected chi connectivity index (χ2v) is 3.71. The van der Waals surface area contributed by atoms with Crippen LogP contribution in [0.3, 0.4) is 0 Å². The van der Waals surface area contributed by atoms with E-state index in [-0.39, 0.29) is 11.8 Å². The zero-order valence-electron chi connectivity index (χ0n) is 7.71. The van der Waals surface area contributed by atoms with Crippen molar-refractivity contribution in [1.29, 1.82) is 0 Å². The minimum atomic E-state index is 0.128. The maximum absolute atomic E-state index is 11.1. The van der Waals surface area contributed by atoms with Crippen molar-refractivity contribution in [3.63, 3.8) is 0 Å². The molecule has 0 bridgehead atoms. The number of Topliss-reactive ketones (excluding diaryl/α,β-unsaturated/α-hetero) is 1. The minimum absolute atomic E-state index is 0.128. The van der Waals surface area contributed by atoms with Crippen LogP contribution < -0.4 is 5.73 Å². The van der Waals surface area contributed by atoms with Gasteiger partial charge in [-0.15, -0.1) is 0 Å². The first kappa shape index (κ1) is 8.45. The predicted molar refractivity (Wildman–Crippen MR) is 51.8 cm³/mol. The molecule has 0 radical (unpaired) electrons. The first-order chi connectivity index (χ1) is 6.16. The van der Waals surface area contributed by atoms with E-state index in [1.54, 1.807) is 6.92 Å². The lowest BCUT2D eigenvalue weighted by Gasteiger charge is -2.00. The van der Waals surface area contributed by atoms with Gasteiger partial charge in [-0.05, 0) is 37.0 Å². The highest BCUT2D eigenvalue weighted by Crippen LogP contribution is 2.22. The first-order valence-corrected chi connectivity index (χ1v) is 4.55. The monoisotopic (exact) mass is 175 g/mol. The lowest BCUT2D eigenvalue weighted by atomic mass is 10.0. The molecule has 1 aliphatic carbocycles. The fourth-order valence-electron chi connectivity index (χ4n) is 1.87. The van der Waals surface area contributed by atoms with E-state index in [1.165, 1.54) is 11.1 Å². The Morgan fingerprint density at radius 1 is 1.38 bits per heavy atom. The average Bonchev–Trinajstić information content (AvgIpc) is 2.42. The number of fused-ring (bicyclic) bond motifs is 1. The average molecular weight is 175 g/mol. The lowest BCUT2D eigenvalue weighted by molar-refractivity contribution is 0.101. The Balaban J connectivity index is 2.40. The van der Waals surface area contributed by atoms with E-state index in [2.05, 4.69) is 0 Å². The summed E-state index contributed by atoms with van der Waals surface area (Å²) >= 11 is 0. The number of hydrogen-bond donors (Lipinski definition) is 1. The molecule has 0 spiro atoms. The smallest absolute Gasteiger partial charge is 0.159 e. The van der Waals surface area contributed by atoms with Crippen molar-refractivity contribution in [2.24, 2.45) is 5.73 Å². The fraction of sp³-hybridized carbons (Fsp3) is 0.364. The molecular formula is C11H13NO. The Morgan fingerprint density at radius 3 is 2.77 bits per heavy atom. The van der Waals surface area contributed by atoms with Gasteiger partial charge in [0.25, 0.3) is 0 Å². The minimum Gasteiger partial charge on any atom is -0.327 e. The van der Waals surface area contributed by atoms with Gasteiger partial charge in [-0.3, -0.25) is 4.79 Å². The van der Waals surface area contributed by atoms with Crippen molar-refractivity contribution in [2.75, 3.05) is 0 Å². The number of carbonyl (C=O) groups excluding carboxylic acids is 1. The van der Waals surface area contributed by atoms with Crippen molar-refractivity contribution in [3.05, 3.63) is 34.9 Å². The number of benzene rings is 1. The summed E-state index contributed by atoms with van der Waals surface area (Å²) < 4.78 is 0. The molecule has 1 aromatic rings. The summed E-state index contributed by atoms with van der Waals surface area (Å²) in [6.45, 7) is 1.59. The van der Waals surface area contributed by atoms with Gasteiger partial charge in [0.1, 0.15) is 0 Å². The molecule has 1 atom stereocenters. The molecule has 1 aromatic carbocycles. The SMILES string of the molecule is CC(=O)c1ccc2c(c1)CC(N)C2. The zero-order valence-corrected chi connectivity index (χ0v) is 7.71. The molecule has 68 valence electrons. The summed E-state index contributed by atoms with van der Waals surface area (Å²) in [5, 5.41) is 0. The summed E-state index contributed by atoms with van der Waals surface area (Å²) in [5.41, 5.74) is 9.18. The highest BCUT2D eigenvalue weighted by atomic mass is 16.1. The molecule has 1 aliphatic rings. The van der Waals surface area contributed by atoms with Crippen LogP contribution in [0.1, 0.15) is 28.4 Å². The third kappa shape index (κ3) is 1.49. The number of nitrogens with two attached hydrogens (primary N) is 1. The van der Waals surface area contributed by atoms with Crippen LogP contribution in [0.5, 0.6) is 0 Å². The molecule has 0 saturated heterocycles. The second kappa shape index (κ2) is 2.96. The van der Waals surface area contributed by atoms with E-state index >= 15 is 0 Å². The van der Waals surface area contributed by atoms with Gasteiger partial charge in [0, 0.05) is 11.6 Å². The molecule has 2 nitrogen and oxygen atoms in total. The normalized spacial score (nSPS) is 20.0. The predicted octanol–water partition coefficient (Wildman–Crippen LogP) is 1.32. The third-order valence-electron chi connectivity index (χ3n) is 2.58. The van der Waals surface area contributed by atoms with Crippen molar-refractivity contribution < 1.29 is 4.79 Å². The Kier molecular flexibility index (Phi) is 1.93. The number of carbonyl (C=O) groups is 1. The molecule has 0 aromatic heterocycles. The molecule has 2 heteroatoms. The summed E-state index contributed by atoms with van der Waals surface area (Å²) in [6.07, 6.45) is 1.87. The molecule has 13 heavy (non-hydrogen) atoms. The quantitative estimate of drug-likeness (QED) is 0.654. The van der Waals surface area contributed by atoms with Crippen molar-refractivity contribution in [3.8, 4) is 0 Å². The molecule has 2 N–H and O–H groups in total. The van der Waals surface area contributed by atoms with Crippen LogP contribution in [-0.2, 0) is 12.8 Å². The summed E-state index contributed by atoms with van der Waals surface area (Å²) in [5.74, 6) is 0.128. The van der Waals surface area contributed by atoms with E-state index in [1.807, 2.05) is 18.2 Å². The molecule has 0 amide bonds. The first-order valence-electron chi connectivity index (χ1n) is 4.55. The second-order valence-electron chi connectivity index (χ2n) is 3.71. The van der Waals surface area contributed by atoms with Crippen LogP contribution in [0.4, 0.5) is 0 Å². The van der Waals surface area contributed by atoms with Gasteiger partial charge in [-0.2, -0.15) is 0 Å². The summed E-state index contributed by atoms with van der Waals surface area (Å²) in [4.78, 5) is 11.1. The maximum atomic E-state index is 11.1. The van der Waals surface area contributed by atoms with Crippen LogP contribution >= 0.6 is 0 Å². The van der Waals surface area contributed by atoms with Gasteiger partial charge in [-0.25, -0.2) is 0 Å². The van der Waals surface area contributed by atoms with E-state index < -0.39 is 0 Å². The van der Waals surface area contributed by atoms with Crippen molar-refractivity contribution in [2.45, 2.75) is 25.8 Å². The van der Waals surface area contributed by atoms with Gasteiger partial charge in [0.15, 0.2) is 5.78 Å². The highest BCUT2D eigenvalue weighted by molar-refractivity contribution is 5.94. The molecule has 0 fully saturated rings. The van der Waals surface area contributed by atoms with Crippen LogP contribution in [0.25, 0.3) is 0 Å². The van der Waals surface area contributed by atoms with E-state index in [0.717, 1.165) is 18.4 Å². The van der Waals surface area contributed by atoms with Gasteiger partial charge >= 0.3 is 0 Å². The molecule has 2 rings (SSSR count). The lowest BCUT2D eigenvalue weighted by Crippen LogP contribution is -2.18. The molecule has 1 unspecified atom stereocenters. The fourth-order valence-corrected chi connectivity index (χ4v) is 1.87. The highest BCUT2D eigenvalue weighted by Gasteiger charge is 2.18. The van der Waals surface area contributed by atoms with E-state index in [0.29, 0.717) is 0 Å². The van der Waals surface area contributed by atoms with Gasteiger partial charge in [0.05, 0.1) is 0 Å². The van der Waals surface area contributed by atoms with Gasteiger partial charge in [0.2, 0.25) is 0 Å². The largest absolute Gasteiger partial charge is 0.327 e. The molecule has 0 saturated carbocycles. The molecule has 0 heterocycles. The third-order valence-corrected chi connectivity index (χ3v) is 2.58. The number of ketones is 1. The Morgan fingerprint density at radius 2 is 2.08 bits per heavy atom. The standard InChI is InChI=1S/C11H13NO/c1-7(13)8-2-3-9-5-11(12)6-10(9)4-8/h2-4,11H,5-6,12H2,1H3. The maximum Gasteiger partial charge on any atom is 0.159 e. The summed E-state index contributed by atoms with van der Waals surface area (Å²) in [6, 6.07) is 6.14. The van der Waals surface area contributed by atoms with E-state index in [4.69, 9.17) is 5.73 Å². The van der Waals surface area contributed by atoms with Crippen LogP contribution in [0.15, 0.2) is 18.2 Å². The Labute approximate surface area is 77.8 Å². The Bertz CT molecular complexity index is 357. The van der Waals surface area contributed by atoms with Crippen LogP contribution in [0, 0.1) is 0 Å². The number of rotatable bonds is 1. The molecular weight excluding hydrogens is 162 g/mol. The zero-order chi connectivity index (χ0) is 9.42. The van der Waals surface area contributed by atoms with Gasteiger partial charge < -0.3 is 5.73 Å². The Hall–Kier alpha value is -1.15. The number of hydrogen-bond acceptors (Lipinski definition) is 2. The van der Waals surface area contributed by atoms with Crippen LogP contribution in [0.2, 0.25) is 0 Å². The van der Waals surface area contributed by atoms with E-state index in [9.17, 15) is 4.79 Å². The molecule has 0 aliphatic heterocycles. The van der Waals surface area contributed by atoms with Crippen molar-refractivity contribution >= 4 is 5.78 Å². The van der Waals surface area contributed by atoms with Crippen molar-refractivity contribution in [1.82, 2.24) is 0 Å². The van der Waals surface area contributed by atoms with Gasteiger partial charge in [-0.1, -0.05) is 12.1 Å². The topological polar surface area (TPSA) is 43.1 Å². The summed E-state index contributed by atoms with van der Waals surface area (Å²) in [7, 11) is 0.